The standard InChI is InChI=1S/C21H24ClN3O3/c1-27-20-13-18(25-11-3-2-4-12-25)8-5-16(20)14-23-24-21(26)15-28-19-9-6-17(22)7-10-19/h5-10,13-14H,2-4,11-12,15H2,1H3,(H,24,26)/b23-14-. The number of methoxy groups -OCH3 is 1. The number of hydrogen-bond acceptors (Lipinski definition) is 5. The zero-order valence-electron chi connectivity index (χ0n) is 15.9. The Balaban J connectivity index is 1.54. The van der Waals surface area contributed by atoms with Crippen LogP contribution in [0.25, 0.3) is 0 Å². The van der Waals surface area contributed by atoms with Crippen LogP contribution in [0, 0.1) is 0 Å². The number of rotatable bonds is 7. The number of hydrogen-bond donors (Lipinski definition) is 1. The molecule has 0 unspecified atom stereocenters. The summed E-state index contributed by atoms with van der Waals surface area (Å²) in [6.07, 6.45) is 5.30. The maximum atomic E-state index is 11.9. The maximum absolute atomic E-state index is 11.9. The second kappa shape index (κ2) is 9.99. The highest BCUT2D eigenvalue weighted by Crippen LogP contribution is 2.26. The molecule has 0 radical (unpaired) electrons. The van der Waals surface area contributed by atoms with Gasteiger partial charge in [-0.25, -0.2) is 5.43 Å². The number of carbonyl (C=O) groups is 1. The molecule has 2 aromatic carbocycles. The van der Waals surface area contributed by atoms with Crippen molar-refractivity contribution < 1.29 is 14.3 Å². The van der Waals surface area contributed by atoms with Crippen molar-refractivity contribution >= 4 is 29.4 Å². The Morgan fingerprint density at radius 2 is 1.93 bits per heavy atom. The molecule has 7 heteroatoms. The lowest BCUT2D eigenvalue weighted by atomic mass is 10.1. The Kier molecular flexibility index (Phi) is 7.14. The summed E-state index contributed by atoms with van der Waals surface area (Å²) >= 11 is 5.81. The van der Waals surface area contributed by atoms with Crippen LogP contribution in [0.5, 0.6) is 11.5 Å². The predicted octanol–water partition coefficient (Wildman–Crippen LogP) is 3.87. The highest BCUT2D eigenvalue weighted by Gasteiger charge is 2.13. The van der Waals surface area contributed by atoms with Gasteiger partial charge < -0.3 is 14.4 Å². The average Bonchev–Trinajstić information content (AvgIpc) is 2.74. The van der Waals surface area contributed by atoms with Crippen LogP contribution in [-0.2, 0) is 4.79 Å². The summed E-state index contributed by atoms with van der Waals surface area (Å²) in [5.41, 5.74) is 4.40. The Bertz CT molecular complexity index is 818. The molecule has 0 bridgehead atoms. The first kappa shape index (κ1) is 20.0. The Morgan fingerprint density at radius 3 is 2.64 bits per heavy atom. The highest BCUT2D eigenvalue weighted by molar-refractivity contribution is 6.30. The van der Waals surface area contributed by atoms with E-state index in [0.29, 0.717) is 10.8 Å². The largest absolute Gasteiger partial charge is 0.496 e. The molecule has 3 rings (SSSR count). The van der Waals surface area contributed by atoms with E-state index < -0.39 is 0 Å². The lowest BCUT2D eigenvalue weighted by molar-refractivity contribution is -0.123. The number of amides is 1. The summed E-state index contributed by atoms with van der Waals surface area (Å²) in [7, 11) is 1.63. The third-order valence-electron chi connectivity index (χ3n) is 4.51. The van der Waals surface area contributed by atoms with Gasteiger partial charge in [0.1, 0.15) is 11.5 Å². The van der Waals surface area contributed by atoms with Crippen molar-refractivity contribution in [2.24, 2.45) is 5.10 Å². The van der Waals surface area contributed by atoms with E-state index in [1.165, 1.54) is 19.3 Å². The van der Waals surface area contributed by atoms with Crippen molar-refractivity contribution in [3.05, 3.63) is 53.1 Å². The number of hydrazone groups is 1. The molecule has 1 amide bonds. The molecule has 1 fully saturated rings. The fraction of sp³-hybridized carbons (Fsp3) is 0.333. The highest BCUT2D eigenvalue weighted by atomic mass is 35.5. The van der Waals surface area contributed by atoms with Gasteiger partial charge in [0.15, 0.2) is 6.61 Å². The fourth-order valence-corrected chi connectivity index (χ4v) is 3.17. The van der Waals surface area contributed by atoms with Crippen LogP contribution in [0.3, 0.4) is 0 Å². The normalized spacial score (nSPS) is 14.1. The van der Waals surface area contributed by atoms with Gasteiger partial charge in [-0.15, -0.1) is 0 Å². The van der Waals surface area contributed by atoms with Gasteiger partial charge >= 0.3 is 0 Å². The van der Waals surface area contributed by atoms with Crippen LogP contribution in [0.4, 0.5) is 5.69 Å². The van der Waals surface area contributed by atoms with Crippen LogP contribution in [0.1, 0.15) is 24.8 Å². The van der Waals surface area contributed by atoms with E-state index in [-0.39, 0.29) is 12.5 Å². The second-order valence-electron chi connectivity index (χ2n) is 6.51. The summed E-state index contributed by atoms with van der Waals surface area (Å²) in [6.45, 7) is 2.00. The summed E-state index contributed by atoms with van der Waals surface area (Å²) < 4.78 is 10.9. The van der Waals surface area contributed by atoms with E-state index in [9.17, 15) is 4.79 Å². The first-order chi connectivity index (χ1) is 13.7. The van der Waals surface area contributed by atoms with E-state index in [4.69, 9.17) is 21.1 Å². The molecule has 148 valence electrons. The van der Waals surface area contributed by atoms with Crippen LogP contribution in [0.15, 0.2) is 47.6 Å². The van der Waals surface area contributed by atoms with E-state index in [2.05, 4.69) is 21.5 Å². The molecule has 1 aliphatic heterocycles. The molecule has 28 heavy (non-hydrogen) atoms. The fourth-order valence-electron chi connectivity index (χ4n) is 3.04. The monoisotopic (exact) mass is 401 g/mol. The summed E-state index contributed by atoms with van der Waals surface area (Å²) in [6, 6.07) is 12.8. The third-order valence-corrected chi connectivity index (χ3v) is 4.77. The Labute approximate surface area is 170 Å². The maximum Gasteiger partial charge on any atom is 0.277 e. The van der Waals surface area contributed by atoms with Gasteiger partial charge in [0.25, 0.3) is 5.91 Å². The van der Waals surface area contributed by atoms with Crippen LogP contribution in [-0.4, -0.2) is 38.9 Å². The molecule has 1 aliphatic rings. The molecular formula is C21H24ClN3O3. The van der Waals surface area contributed by atoms with E-state index in [0.717, 1.165) is 30.1 Å². The number of benzene rings is 2. The van der Waals surface area contributed by atoms with Gasteiger partial charge in [-0.3, -0.25) is 4.79 Å². The smallest absolute Gasteiger partial charge is 0.277 e. The lowest BCUT2D eigenvalue weighted by Crippen LogP contribution is -2.29. The topological polar surface area (TPSA) is 63.2 Å². The molecule has 2 aromatic rings. The Hall–Kier alpha value is -2.73. The van der Waals surface area contributed by atoms with Crippen molar-refractivity contribution in [3.8, 4) is 11.5 Å². The summed E-state index contributed by atoms with van der Waals surface area (Å²) in [4.78, 5) is 14.2. The van der Waals surface area contributed by atoms with Crippen LogP contribution in [0.2, 0.25) is 5.02 Å². The van der Waals surface area contributed by atoms with Crippen molar-refractivity contribution in [1.82, 2.24) is 5.43 Å². The minimum absolute atomic E-state index is 0.135. The quantitative estimate of drug-likeness (QED) is 0.565. The number of anilines is 1. The zero-order chi connectivity index (χ0) is 19.8. The molecule has 1 N–H and O–H groups in total. The van der Waals surface area contributed by atoms with Crippen molar-refractivity contribution in [2.45, 2.75) is 19.3 Å². The minimum atomic E-state index is -0.352. The van der Waals surface area contributed by atoms with Gasteiger partial charge in [-0.05, 0) is 55.7 Å². The number of nitrogens with one attached hydrogen (secondary N) is 1. The molecule has 0 aromatic heterocycles. The van der Waals surface area contributed by atoms with Crippen molar-refractivity contribution in [1.29, 1.82) is 0 Å². The summed E-state index contributed by atoms with van der Waals surface area (Å²) in [5, 5.41) is 4.61. The van der Waals surface area contributed by atoms with Gasteiger partial charge in [-0.1, -0.05) is 11.6 Å². The van der Waals surface area contributed by atoms with Gasteiger partial charge in [0, 0.05) is 35.4 Å². The van der Waals surface area contributed by atoms with Crippen molar-refractivity contribution in [2.75, 3.05) is 31.7 Å². The third kappa shape index (κ3) is 5.63. The molecule has 0 aliphatic carbocycles. The molecule has 0 saturated carbocycles. The number of ether oxygens (including phenoxy) is 2. The van der Waals surface area contributed by atoms with Crippen LogP contribution < -0.4 is 19.8 Å². The van der Waals surface area contributed by atoms with Gasteiger partial charge in [-0.2, -0.15) is 5.10 Å². The molecule has 1 saturated heterocycles. The number of piperidine rings is 1. The van der Waals surface area contributed by atoms with Crippen LogP contribution >= 0.6 is 11.6 Å². The second-order valence-corrected chi connectivity index (χ2v) is 6.95. The summed E-state index contributed by atoms with van der Waals surface area (Å²) in [5.74, 6) is 0.937. The van der Waals surface area contributed by atoms with E-state index in [1.54, 1.807) is 37.6 Å². The first-order valence-corrected chi connectivity index (χ1v) is 9.67. The lowest BCUT2D eigenvalue weighted by Gasteiger charge is -2.29. The SMILES string of the molecule is COc1cc(N2CCCCC2)ccc1/C=N\NC(=O)COc1ccc(Cl)cc1. The van der Waals surface area contributed by atoms with E-state index in [1.807, 2.05) is 12.1 Å². The molecule has 0 atom stereocenters. The first-order valence-electron chi connectivity index (χ1n) is 9.29. The molecule has 1 heterocycles. The average molecular weight is 402 g/mol. The number of halogens is 1. The Morgan fingerprint density at radius 1 is 1.18 bits per heavy atom. The number of nitrogens with zero attached hydrogens (tertiary/aromatic N) is 2. The predicted molar refractivity (Wildman–Crippen MR) is 112 cm³/mol. The molecule has 6 nitrogen and oxygen atoms in total. The van der Waals surface area contributed by atoms with E-state index >= 15 is 0 Å². The molecular weight excluding hydrogens is 378 g/mol. The van der Waals surface area contributed by atoms with Crippen molar-refractivity contribution in [3.63, 3.8) is 0 Å². The van der Waals surface area contributed by atoms with Gasteiger partial charge in [0.2, 0.25) is 0 Å². The zero-order valence-corrected chi connectivity index (χ0v) is 16.6. The minimum Gasteiger partial charge on any atom is -0.496 e. The van der Waals surface area contributed by atoms with Gasteiger partial charge in [0.05, 0.1) is 13.3 Å². The molecule has 0 spiro atoms. The number of carbonyl (C=O) groups excluding carboxylic acids is 1.